The second-order valence-electron chi connectivity index (χ2n) is 5.28. The number of hydrogen-bond acceptors (Lipinski definition) is 2. The number of carbonyl (C=O) groups is 1. The molecule has 82 valence electrons. The fraction of sp³-hybridized carbons (Fsp3) is 0.900. The van der Waals surface area contributed by atoms with E-state index in [0.29, 0.717) is 0 Å². The number of likely N-dealkylation sites (tertiary alicyclic amines) is 1. The van der Waals surface area contributed by atoms with E-state index in [1.165, 1.54) is 0 Å². The molecule has 1 amide bonds. The molecule has 0 aromatic carbocycles. The molecule has 1 aliphatic heterocycles. The van der Waals surface area contributed by atoms with Crippen LogP contribution in [-0.2, 0) is 4.74 Å². The van der Waals surface area contributed by atoms with Crippen molar-refractivity contribution >= 4 is 22.0 Å². The third kappa shape index (κ3) is 2.87. The molecule has 0 aromatic heterocycles. The van der Waals surface area contributed by atoms with Crippen LogP contribution in [0.4, 0.5) is 4.79 Å². The minimum atomic E-state index is -0.391. The molecule has 1 aliphatic rings. The van der Waals surface area contributed by atoms with E-state index < -0.39 is 5.60 Å². The Morgan fingerprint density at radius 2 is 2.00 bits per heavy atom. The van der Waals surface area contributed by atoms with Crippen LogP contribution in [0.1, 0.15) is 27.7 Å². The molecule has 1 fully saturated rings. The van der Waals surface area contributed by atoms with E-state index in [2.05, 4.69) is 22.9 Å². The molecule has 14 heavy (non-hydrogen) atoms. The average Bonchev–Trinajstić information content (AvgIpc) is 1.95. The molecule has 0 unspecified atom stereocenters. The Balaban J connectivity index is 2.37. The number of nitrogens with zero attached hydrogens (tertiary/aromatic N) is 1. The molecular formula is C10H18BrNO2. The average molecular weight is 264 g/mol. The summed E-state index contributed by atoms with van der Waals surface area (Å²) in [5, 5.41) is 0.930. The normalized spacial score (nSPS) is 20.2. The maximum Gasteiger partial charge on any atom is 0.410 e. The summed E-state index contributed by atoms with van der Waals surface area (Å²) in [6.07, 6.45) is -0.198. The first-order chi connectivity index (χ1) is 6.26. The number of rotatable bonds is 1. The van der Waals surface area contributed by atoms with Crippen LogP contribution in [0.25, 0.3) is 0 Å². The van der Waals surface area contributed by atoms with E-state index >= 15 is 0 Å². The number of alkyl halides is 1. The van der Waals surface area contributed by atoms with Crippen molar-refractivity contribution in [3.63, 3.8) is 0 Å². The first-order valence-electron chi connectivity index (χ1n) is 4.80. The predicted molar refractivity (Wildman–Crippen MR) is 59.7 cm³/mol. The van der Waals surface area contributed by atoms with Crippen LogP contribution in [0.3, 0.4) is 0 Å². The second-order valence-corrected chi connectivity index (χ2v) is 5.84. The van der Waals surface area contributed by atoms with Gasteiger partial charge in [0.1, 0.15) is 5.60 Å². The first kappa shape index (κ1) is 11.8. The smallest absolute Gasteiger partial charge is 0.410 e. The van der Waals surface area contributed by atoms with Crippen LogP contribution < -0.4 is 0 Å². The van der Waals surface area contributed by atoms with Crippen molar-refractivity contribution in [2.75, 3.05) is 18.4 Å². The van der Waals surface area contributed by atoms with Crippen LogP contribution in [-0.4, -0.2) is 35.0 Å². The van der Waals surface area contributed by atoms with Crippen molar-refractivity contribution in [3.05, 3.63) is 0 Å². The summed E-state index contributed by atoms with van der Waals surface area (Å²) in [7, 11) is 0. The third-order valence-electron chi connectivity index (χ3n) is 2.12. The molecule has 0 saturated carbocycles. The van der Waals surface area contributed by atoms with E-state index in [1.807, 2.05) is 20.8 Å². The summed E-state index contributed by atoms with van der Waals surface area (Å²) in [6, 6.07) is 0. The first-order valence-corrected chi connectivity index (χ1v) is 5.92. The summed E-state index contributed by atoms with van der Waals surface area (Å²) < 4.78 is 5.25. The van der Waals surface area contributed by atoms with Gasteiger partial charge in [-0.2, -0.15) is 0 Å². The molecule has 0 aliphatic carbocycles. The van der Waals surface area contributed by atoms with Gasteiger partial charge in [-0.05, 0) is 20.8 Å². The molecule has 0 spiro atoms. The molecule has 1 rings (SSSR count). The number of ether oxygens (including phenoxy) is 1. The van der Waals surface area contributed by atoms with Crippen molar-refractivity contribution in [1.29, 1.82) is 0 Å². The number of carbonyl (C=O) groups excluding carboxylic acids is 1. The lowest BCUT2D eigenvalue weighted by Crippen LogP contribution is -2.58. The van der Waals surface area contributed by atoms with Gasteiger partial charge >= 0.3 is 6.09 Å². The van der Waals surface area contributed by atoms with Crippen LogP contribution in [0, 0.1) is 5.41 Å². The van der Waals surface area contributed by atoms with E-state index in [1.54, 1.807) is 4.90 Å². The minimum absolute atomic E-state index is 0.198. The molecule has 3 nitrogen and oxygen atoms in total. The van der Waals surface area contributed by atoms with Crippen molar-refractivity contribution in [3.8, 4) is 0 Å². The molecule has 1 saturated heterocycles. The summed E-state index contributed by atoms with van der Waals surface area (Å²) in [5.74, 6) is 0. The lowest BCUT2D eigenvalue weighted by atomic mass is 9.85. The van der Waals surface area contributed by atoms with E-state index in [4.69, 9.17) is 4.74 Å². The van der Waals surface area contributed by atoms with E-state index in [9.17, 15) is 4.79 Å². The van der Waals surface area contributed by atoms with Gasteiger partial charge in [0.2, 0.25) is 0 Å². The number of halogens is 1. The Labute approximate surface area is 93.9 Å². The monoisotopic (exact) mass is 263 g/mol. The maximum absolute atomic E-state index is 11.5. The Morgan fingerprint density at radius 3 is 2.36 bits per heavy atom. The summed E-state index contributed by atoms with van der Waals surface area (Å²) in [6.45, 7) is 9.38. The predicted octanol–water partition coefficient (Wildman–Crippen LogP) is 2.64. The zero-order chi connectivity index (χ0) is 11.0. The fourth-order valence-corrected chi connectivity index (χ4v) is 1.77. The van der Waals surface area contributed by atoms with Gasteiger partial charge in [-0.15, -0.1) is 0 Å². The van der Waals surface area contributed by atoms with E-state index in [0.717, 1.165) is 18.4 Å². The highest BCUT2D eigenvalue weighted by atomic mass is 79.9. The van der Waals surface area contributed by atoms with Gasteiger partial charge in [0.15, 0.2) is 0 Å². The maximum atomic E-state index is 11.5. The highest BCUT2D eigenvalue weighted by molar-refractivity contribution is 9.09. The standard InChI is InChI=1S/C10H18BrNO2/c1-9(2,3)14-8(13)12-6-10(4,5-11)7-12/h5-7H2,1-4H3. The fourth-order valence-electron chi connectivity index (χ4n) is 1.42. The van der Waals surface area contributed by atoms with Gasteiger partial charge < -0.3 is 9.64 Å². The third-order valence-corrected chi connectivity index (χ3v) is 3.47. The van der Waals surface area contributed by atoms with Crippen LogP contribution in [0.15, 0.2) is 0 Å². The minimum Gasteiger partial charge on any atom is -0.444 e. The molecule has 0 atom stereocenters. The van der Waals surface area contributed by atoms with Gasteiger partial charge in [-0.25, -0.2) is 4.79 Å². The molecule has 0 bridgehead atoms. The highest BCUT2D eigenvalue weighted by Crippen LogP contribution is 2.32. The Morgan fingerprint density at radius 1 is 1.50 bits per heavy atom. The van der Waals surface area contributed by atoms with Gasteiger partial charge in [0.25, 0.3) is 0 Å². The van der Waals surface area contributed by atoms with Crippen molar-refractivity contribution in [2.24, 2.45) is 5.41 Å². The molecular weight excluding hydrogens is 246 g/mol. The molecule has 1 heterocycles. The summed E-state index contributed by atoms with van der Waals surface area (Å²) >= 11 is 3.44. The Kier molecular flexibility index (Phi) is 3.14. The number of amides is 1. The molecule has 0 aromatic rings. The van der Waals surface area contributed by atoms with Gasteiger partial charge in [0.05, 0.1) is 0 Å². The summed E-state index contributed by atoms with van der Waals surface area (Å²) in [4.78, 5) is 13.3. The van der Waals surface area contributed by atoms with Crippen molar-refractivity contribution in [2.45, 2.75) is 33.3 Å². The van der Waals surface area contributed by atoms with Crippen molar-refractivity contribution in [1.82, 2.24) is 4.90 Å². The van der Waals surface area contributed by atoms with Crippen LogP contribution in [0.2, 0.25) is 0 Å². The largest absolute Gasteiger partial charge is 0.444 e. The highest BCUT2D eigenvalue weighted by Gasteiger charge is 2.41. The van der Waals surface area contributed by atoms with Gasteiger partial charge in [-0.1, -0.05) is 22.9 Å². The SMILES string of the molecule is CC1(CBr)CN(C(=O)OC(C)(C)C)C1. The van der Waals surface area contributed by atoms with Crippen LogP contribution >= 0.6 is 15.9 Å². The van der Waals surface area contributed by atoms with Gasteiger partial charge in [0, 0.05) is 23.8 Å². The molecule has 0 N–H and O–H groups in total. The molecule has 0 radical (unpaired) electrons. The Bertz CT molecular complexity index is 229. The lowest BCUT2D eigenvalue weighted by Gasteiger charge is -2.46. The zero-order valence-corrected chi connectivity index (χ0v) is 10.8. The molecule has 4 heteroatoms. The zero-order valence-electron chi connectivity index (χ0n) is 9.26. The van der Waals surface area contributed by atoms with Crippen molar-refractivity contribution < 1.29 is 9.53 Å². The lowest BCUT2D eigenvalue weighted by molar-refractivity contribution is -0.0199. The van der Waals surface area contributed by atoms with E-state index in [-0.39, 0.29) is 11.5 Å². The second kappa shape index (κ2) is 3.72. The topological polar surface area (TPSA) is 29.5 Å². The van der Waals surface area contributed by atoms with Gasteiger partial charge in [-0.3, -0.25) is 0 Å². The van der Waals surface area contributed by atoms with Crippen LogP contribution in [0.5, 0.6) is 0 Å². The quantitative estimate of drug-likeness (QED) is 0.681. The number of hydrogen-bond donors (Lipinski definition) is 0. The Hall–Kier alpha value is -0.250. The summed E-state index contributed by atoms with van der Waals surface area (Å²) in [5.41, 5.74) is -0.158.